The molecular formula is C54H59N5O8. The van der Waals surface area contributed by atoms with E-state index < -0.39 is 12.0 Å². The van der Waals surface area contributed by atoms with Crippen LogP contribution in [0.2, 0.25) is 0 Å². The number of hydrogen-bond donors (Lipinski definition) is 5. The summed E-state index contributed by atoms with van der Waals surface area (Å²) >= 11 is 0. The van der Waals surface area contributed by atoms with Gasteiger partial charge in [-0.2, -0.15) is 0 Å². The maximum atomic E-state index is 13.8. The fourth-order valence-corrected chi connectivity index (χ4v) is 9.10. The molecule has 0 aliphatic carbocycles. The van der Waals surface area contributed by atoms with E-state index in [1.54, 1.807) is 18.2 Å². The Kier molecular flexibility index (Phi) is 15.8. The van der Waals surface area contributed by atoms with Crippen molar-refractivity contribution in [1.82, 2.24) is 25.4 Å². The molecule has 5 aromatic carbocycles. The summed E-state index contributed by atoms with van der Waals surface area (Å²) in [5.41, 5.74) is 5.06. The lowest BCUT2D eigenvalue weighted by Gasteiger charge is -2.32. The normalized spacial score (nSPS) is 15.7. The van der Waals surface area contributed by atoms with Crippen molar-refractivity contribution in [3.05, 3.63) is 177 Å². The van der Waals surface area contributed by atoms with Gasteiger partial charge in [0, 0.05) is 49.2 Å². The molecule has 13 nitrogen and oxygen atoms in total. The smallest absolute Gasteiger partial charge is 0.317 e. The highest BCUT2D eigenvalue weighted by Crippen LogP contribution is 2.31. The molecule has 8 rings (SSSR count). The first-order chi connectivity index (χ1) is 32.7. The summed E-state index contributed by atoms with van der Waals surface area (Å²) in [6.45, 7) is 4.94. The zero-order valence-corrected chi connectivity index (χ0v) is 37.6. The second-order valence-corrected chi connectivity index (χ2v) is 17.6. The number of aromatic nitrogens is 1. The Morgan fingerprint density at radius 2 is 1.48 bits per heavy atom. The highest BCUT2D eigenvalue weighted by molar-refractivity contribution is 5.94. The number of esters is 1. The van der Waals surface area contributed by atoms with Crippen molar-refractivity contribution in [2.45, 2.75) is 56.7 Å². The van der Waals surface area contributed by atoms with Crippen molar-refractivity contribution in [3.8, 4) is 11.5 Å². The second kappa shape index (κ2) is 22.6. The third-order valence-electron chi connectivity index (χ3n) is 12.9. The van der Waals surface area contributed by atoms with Gasteiger partial charge >= 0.3 is 5.97 Å². The van der Waals surface area contributed by atoms with E-state index in [-0.39, 0.29) is 48.3 Å². The molecule has 348 valence electrons. The van der Waals surface area contributed by atoms with Crippen LogP contribution in [0, 0.1) is 5.92 Å². The van der Waals surface area contributed by atoms with Crippen LogP contribution in [-0.2, 0) is 27.3 Å². The van der Waals surface area contributed by atoms with E-state index in [9.17, 15) is 29.4 Å². The van der Waals surface area contributed by atoms with E-state index in [0.29, 0.717) is 79.2 Å². The topological polar surface area (TPSA) is 174 Å². The Morgan fingerprint density at radius 1 is 0.761 bits per heavy atom. The number of pyridine rings is 1. The number of carbonyl (C=O) groups excluding carboxylic acids is 3. The van der Waals surface area contributed by atoms with E-state index in [1.165, 1.54) is 17.7 Å². The predicted molar refractivity (Wildman–Crippen MR) is 257 cm³/mol. The van der Waals surface area contributed by atoms with Gasteiger partial charge in [0.05, 0.1) is 18.2 Å². The van der Waals surface area contributed by atoms with E-state index in [0.717, 1.165) is 49.2 Å². The molecule has 2 aliphatic rings. The number of aliphatic hydroxyl groups is 1. The fourth-order valence-electron chi connectivity index (χ4n) is 9.10. The third kappa shape index (κ3) is 12.6. The SMILES string of the molecule is O=C(COc1cccc(C(C(=O)OCC2CCN(Cc3ccccc3)CC2)c2ccccc2)c1)NC1CCN(C(=O)c2ccc(CCNCC(O)c3ccc(O)c4[nH]c(=O)ccc34)cc2)CC1. The molecule has 2 amide bonds. The molecule has 13 heteroatoms. The number of hydrogen-bond acceptors (Lipinski definition) is 10. The quantitative estimate of drug-likeness (QED) is 0.0475. The number of nitrogens with zero attached hydrogens (tertiary/aromatic N) is 2. The van der Waals surface area contributed by atoms with E-state index in [1.807, 2.05) is 83.8 Å². The van der Waals surface area contributed by atoms with Crippen LogP contribution in [0.25, 0.3) is 10.9 Å². The van der Waals surface area contributed by atoms with E-state index in [4.69, 9.17) is 9.47 Å². The zero-order chi connectivity index (χ0) is 46.5. The van der Waals surface area contributed by atoms with Gasteiger partial charge in [0.2, 0.25) is 5.56 Å². The molecule has 67 heavy (non-hydrogen) atoms. The molecule has 3 heterocycles. The second-order valence-electron chi connectivity index (χ2n) is 17.6. The minimum absolute atomic E-state index is 0.0545. The molecule has 2 aliphatic heterocycles. The van der Waals surface area contributed by atoms with Crippen LogP contribution in [0.15, 0.2) is 138 Å². The Morgan fingerprint density at radius 3 is 2.22 bits per heavy atom. The van der Waals surface area contributed by atoms with Gasteiger partial charge in [-0.1, -0.05) is 91.0 Å². The number of carbonyl (C=O) groups is 3. The summed E-state index contributed by atoms with van der Waals surface area (Å²) in [4.78, 5) is 58.9. The number of likely N-dealkylation sites (tertiary alicyclic amines) is 2. The van der Waals surface area contributed by atoms with Gasteiger partial charge in [-0.25, -0.2) is 0 Å². The van der Waals surface area contributed by atoms with Gasteiger partial charge in [-0.05, 0) is 122 Å². The molecule has 0 bridgehead atoms. The van der Waals surface area contributed by atoms with Gasteiger partial charge in [0.1, 0.15) is 17.4 Å². The minimum atomic E-state index is -0.850. The van der Waals surface area contributed by atoms with Crippen LogP contribution in [0.1, 0.15) is 75.9 Å². The number of benzene rings is 5. The van der Waals surface area contributed by atoms with Gasteiger partial charge < -0.3 is 40.2 Å². The van der Waals surface area contributed by atoms with Gasteiger partial charge in [0.15, 0.2) is 6.61 Å². The molecule has 6 aromatic rings. The molecule has 5 N–H and O–H groups in total. The summed E-state index contributed by atoms with van der Waals surface area (Å²) in [5.74, 6) is -0.532. The number of ether oxygens (including phenoxy) is 2. The zero-order valence-electron chi connectivity index (χ0n) is 37.6. The lowest BCUT2D eigenvalue weighted by molar-refractivity contribution is -0.146. The number of amides is 2. The largest absolute Gasteiger partial charge is 0.506 e. The monoisotopic (exact) mass is 905 g/mol. The standard InChI is InChI=1S/C54H59N5O8/c60-47-20-18-45(46-19-21-49(62)57-52(46)47)48(61)33-55-27-22-37-14-16-41(17-15-37)53(64)59-30-25-43(26-31-59)56-50(63)36-66-44-13-7-12-42(32-44)51(40-10-5-2-6-11-40)54(65)67-35-39-23-28-58(29-24-39)34-38-8-3-1-4-9-38/h1-21,32,39,43,48,51,55,60-61H,22-31,33-36H2,(H,56,63)(H,57,62). The molecule has 2 fully saturated rings. The van der Waals surface area contributed by atoms with E-state index in [2.05, 4.69) is 44.8 Å². The number of piperidine rings is 2. The molecule has 0 saturated carbocycles. The molecule has 2 unspecified atom stereocenters. The number of rotatable bonds is 18. The van der Waals surface area contributed by atoms with Gasteiger partial charge in [-0.3, -0.25) is 24.1 Å². The summed E-state index contributed by atoms with van der Waals surface area (Å²) in [6, 6.07) is 40.9. The van der Waals surface area contributed by atoms with Gasteiger partial charge in [-0.15, -0.1) is 0 Å². The highest BCUT2D eigenvalue weighted by Gasteiger charge is 2.28. The van der Waals surface area contributed by atoms with Crippen molar-refractivity contribution in [2.75, 3.05) is 52.5 Å². The van der Waals surface area contributed by atoms with Crippen molar-refractivity contribution in [3.63, 3.8) is 0 Å². The Labute approximate surface area is 390 Å². The highest BCUT2D eigenvalue weighted by atomic mass is 16.5. The Hall–Kier alpha value is -6.80. The number of fused-ring (bicyclic) bond motifs is 1. The van der Waals surface area contributed by atoms with Gasteiger partial charge in [0.25, 0.3) is 11.8 Å². The van der Waals surface area contributed by atoms with Crippen molar-refractivity contribution in [2.24, 2.45) is 5.92 Å². The average molecular weight is 906 g/mol. The van der Waals surface area contributed by atoms with Crippen LogP contribution in [-0.4, -0.2) is 101 Å². The van der Waals surface area contributed by atoms with Crippen molar-refractivity contribution < 1.29 is 34.1 Å². The van der Waals surface area contributed by atoms with Crippen LogP contribution >= 0.6 is 0 Å². The van der Waals surface area contributed by atoms with Crippen LogP contribution in [0.5, 0.6) is 11.5 Å². The minimum Gasteiger partial charge on any atom is -0.506 e. The summed E-state index contributed by atoms with van der Waals surface area (Å²) in [6.07, 6.45) is 3.02. The van der Waals surface area contributed by atoms with E-state index >= 15 is 0 Å². The predicted octanol–water partition coefficient (Wildman–Crippen LogP) is 6.49. The number of aromatic hydroxyl groups is 1. The average Bonchev–Trinajstić information content (AvgIpc) is 3.36. The molecule has 0 spiro atoms. The fraction of sp³-hybridized carbons (Fsp3) is 0.333. The number of nitrogens with one attached hydrogen (secondary N) is 3. The molecule has 1 aromatic heterocycles. The van der Waals surface area contributed by atoms with Crippen LogP contribution < -0.4 is 20.9 Å². The maximum absolute atomic E-state index is 13.8. The number of phenolic OH excluding ortho intramolecular Hbond substituents is 1. The van der Waals surface area contributed by atoms with Crippen LogP contribution in [0.4, 0.5) is 0 Å². The van der Waals surface area contributed by atoms with Crippen LogP contribution in [0.3, 0.4) is 0 Å². The Balaban J connectivity index is 0.753. The summed E-state index contributed by atoms with van der Waals surface area (Å²) in [7, 11) is 0. The molecule has 2 saturated heterocycles. The maximum Gasteiger partial charge on any atom is 0.317 e. The molecule has 2 atom stereocenters. The van der Waals surface area contributed by atoms with Crippen molar-refractivity contribution in [1.29, 1.82) is 0 Å². The third-order valence-corrected chi connectivity index (χ3v) is 12.9. The Bertz CT molecular complexity index is 2640. The first-order valence-electron chi connectivity index (χ1n) is 23.3. The number of aliphatic hydroxyl groups excluding tert-OH is 1. The lowest BCUT2D eigenvalue weighted by atomic mass is 9.91. The first-order valence-corrected chi connectivity index (χ1v) is 23.3. The molecule has 0 radical (unpaired) electrons. The number of phenols is 1. The number of H-pyrrole nitrogens is 1. The summed E-state index contributed by atoms with van der Waals surface area (Å²) in [5, 5.41) is 27.9. The lowest BCUT2D eigenvalue weighted by Crippen LogP contribution is -2.47. The summed E-state index contributed by atoms with van der Waals surface area (Å²) < 4.78 is 12.0. The first kappa shape index (κ1) is 46.7. The molecular weight excluding hydrogens is 847 g/mol. The number of aromatic amines is 1. The van der Waals surface area contributed by atoms with Crippen molar-refractivity contribution >= 4 is 28.7 Å².